The van der Waals surface area contributed by atoms with Crippen LogP contribution in [-0.4, -0.2) is 6.54 Å². The molecule has 0 bridgehead atoms. The van der Waals surface area contributed by atoms with Crippen LogP contribution in [0.3, 0.4) is 0 Å². The SMILES string of the molecule is CCCC1CCC(CN)C(Cc2cccc(F)c2Br)C1. The Morgan fingerprint density at radius 2 is 2.10 bits per heavy atom. The molecule has 3 heteroatoms. The second-order valence-corrected chi connectivity index (χ2v) is 6.93. The van der Waals surface area contributed by atoms with Crippen molar-refractivity contribution in [3.63, 3.8) is 0 Å². The minimum absolute atomic E-state index is 0.160. The summed E-state index contributed by atoms with van der Waals surface area (Å²) in [5, 5.41) is 0. The molecular formula is C17H25BrFN. The van der Waals surface area contributed by atoms with E-state index in [9.17, 15) is 4.39 Å². The van der Waals surface area contributed by atoms with E-state index >= 15 is 0 Å². The quantitative estimate of drug-likeness (QED) is 0.807. The Balaban J connectivity index is 2.09. The van der Waals surface area contributed by atoms with Crippen LogP contribution in [0.1, 0.15) is 44.6 Å². The fraction of sp³-hybridized carbons (Fsp3) is 0.647. The van der Waals surface area contributed by atoms with Crippen molar-refractivity contribution in [1.82, 2.24) is 0 Å². The summed E-state index contributed by atoms with van der Waals surface area (Å²) in [5.74, 6) is 1.87. The topological polar surface area (TPSA) is 26.0 Å². The second-order valence-electron chi connectivity index (χ2n) is 6.14. The van der Waals surface area contributed by atoms with E-state index < -0.39 is 0 Å². The zero-order valence-corrected chi connectivity index (χ0v) is 13.8. The predicted octanol–water partition coefficient (Wildman–Crippen LogP) is 4.92. The average Bonchev–Trinajstić information content (AvgIpc) is 2.45. The third-order valence-electron chi connectivity index (χ3n) is 4.76. The van der Waals surface area contributed by atoms with Crippen LogP contribution >= 0.6 is 15.9 Å². The van der Waals surface area contributed by atoms with Crippen molar-refractivity contribution in [2.45, 2.75) is 45.4 Å². The Kier molecular flexibility index (Phi) is 6.03. The van der Waals surface area contributed by atoms with Gasteiger partial charge in [0.05, 0.1) is 4.47 Å². The lowest BCUT2D eigenvalue weighted by molar-refractivity contribution is 0.175. The van der Waals surface area contributed by atoms with Crippen molar-refractivity contribution >= 4 is 15.9 Å². The monoisotopic (exact) mass is 341 g/mol. The number of hydrogen-bond donors (Lipinski definition) is 1. The average molecular weight is 342 g/mol. The van der Waals surface area contributed by atoms with Crippen LogP contribution in [0.15, 0.2) is 22.7 Å². The van der Waals surface area contributed by atoms with Gasteiger partial charge in [-0.25, -0.2) is 4.39 Å². The lowest BCUT2D eigenvalue weighted by atomic mass is 9.70. The third kappa shape index (κ3) is 3.82. The molecular weight excluding hydrogens is 317 g/mol. The van der Waals surface area contributed by atoms with Crippen LogP contribution in [0.25, 0.3) is 0 Å². The molecule has 0 radical (unpaired) electrons. The van der Waals surface area contributed by atoms with Crippen LogP contribution in [0.4, 0.5) is 4.39 Å². The maximum absolute atomic E-state index is 13.6. The Morgan fingerprint density at radius 1 is 1.30 bits per heavy atom. The third-order valence-corrected chi connectivity index (χ3v) is 5.65. The van der Waals surface area contributed by atoms with E-state index in [4.69, 9.17) is 5.73 Å². The first kappa shape index (κ1) is 16.0. The van der Waals surface area contributed by atoms with Crippen LogP contribution in [-0.2, 0) is 6.42 Å². The summed E-state index contributed by atoms with van der Waals surface area (Å²) in [6.07, 6.45) is 7.32. The van der Waals surface area contributed by atoms with Gasteiger partial charge >= 0.3 is 0 Å². The molecule has 0 heterocycles. The molecule has 0 aromatic heterocycles. The zero-order chi connectivity index (χ0) is 14.5. The van der Waals surface area contributed by atoms with Gasteiger partial charge in [0.15, 0.2) is 0 Å². The molecule has 1 saturated carbocycles. The molecule has 2 N–H and O–H groups in total. The van der Waals surface area contributed by atoms with E-state index in [1.54, 1.807) is 6.07 Å². The molecule has 0 amide bonds. The van der Waals surface area contributed by atoms with Gasteiger partial charge in [-0.05, 0) is 71.1 Å². The summed E-state index contributed by atoms with van der Waals surface area (Å²) in [5.41, 5.74) is 7.04. The van der Waals surface area contributed by atoms with E-state index in [-0.39, 0.29) is 5.82 Å². The van der Waals surface area contributed by atoms with Crippen molar-refractivity contribution < 1.29 is 4.39 Å². The highest BCUT2D eigenvalue weighted by Crippen LogP contribution is 2.38. The molecule has 1 fully saturated rings. The van der Waals surface area contributed by atoms with Crippen LogP contribution in [0.2, 0.25) is 0 Å². The van der Waals surface area contributed by atoms with Crippen molar-refractivity contribution in [1.29, 1.82) is 0 Å². The summed E-state index contributed by atoms with van der Waals surface area (Å²) in [7, 11) is 0. The normalized spacial score (nSPS) is 26.7. The maximum atomic E-state index is 13.6. The molecule has 3 atom stereocenters. The van der Waals surface area contributed by atoms with Crippen LogP contribution in [0, 0.1) is 23.6 Å². The minimum Gasteiger partial charge on any atom is -0.330 e. The highest BCUT2D eigenvalue weighted by atomic mass is 79.9. The molecule has 0 spiro atoms. The standard InChI is InChI=1S/C17H25BrFN/c1-2-4-12-7-8-14(11-20)15(9-12)10-13-5-3-6-16(19)17(13)18/h3,5-6,12,14-15H,2,4,7-11,20H2,1H3. The summed E-state index contributed by atoms with van der Waals surface area (Å²) < 4.78 is 14.3. The molecule has 20 heavy (non-hydrogen) atoms. The first-order chi connectivity index (χ1) is 9.65. The van der Waals surface area contributed by atoms with E-state index in [0.29, 0.717) is 16.3 Å². The number of benzene rings is 1. The predicted molar refractivity (Wildman–Crippen MR) is 86.1 cm³/mol. The van der Waals surface area contributed by atoms with Crippen LogP contribution in [0.5, 0.6) is 0 Å². The van der Waals surface area contributed by atoms with E-state index in [1.165, 1.54) is 38.2 Å². The highest BCUT2D eigenvalue weighted by molar-refractivity contribution is 9.10. The summed E-state index contributed by atoms with van der Waals surface area (Å²) in [6, 6.07) is 5.35. The smallest absolute Gasteiger partial charge is 0.137 e. The van der Waals surface area contributed by atoms with Crippen molar-refractivity contribution in [2.24, 2.45) is 23.5 Å². The summed E-state index contributed by atoms with van der Waals surface area (Å²) in [4.78, 5) is 0. The first-order valence-corrected chi connectivity index (χ1v) is 8.57. The molecule has 1 nitrogen and oxygen atoms in total. The van der Waals surface area contributed by atoms with E-state index in [0.717, 1.165) is 24.4 Å². The van der Waals surface area contributed by atoms with Gasteiger partial charge in [-0.15, -0.1) is 0 Å². The molecule has 1 aromatic carbocycles. The second kappa shape index (κ2) is 7.56. The van der Waals surface area contributed by atoms with Gasteiger partial charge in [0.1, 0.15) is 5.82 Å². The van der Waals surface area contributed by atoms with Gasteiger partial charge in [0, 0.05) is 0 Å². The van der Waals surface area contributed by atoms with Gasteiger partial charge in [-0.1, -0.05) is 38.3 Å². The molecule has 112 valence electrons. The lowest BCUT2D eigenvalue weighted by Gasteiger charge is -2.36. The summed E-state index contributed by atoms with van der Waals surface area (Å²) in [6.45, 7) is 3.02. The van der Waals surface area contributed by atoms with E-state index in [2.05, 4.69) is 22.9 Å². The highest BCUT2D eigenvalue weighted by Gasteiger charge is 2.29. The minimum atomic E-state index is -0.160. The molecule has 2 rings (SSSR count). The molecule has 1 aromatic rings. The zero-order valence-electron chi connectivity index (χ0n) is 12.2. The largest absolute Gasteiger partial charge is 0.330 e. The fourth-order valence-electron chi connectivity index (χ4n) is 3.64. The first-order valence-electron chi connectivity index (χ1n) is 7.78. The van der Waals surface area contributed by atoms with Gasteiger partial charge in [-0.3, -0.25) is 0 Å². The lowest BCUT2D eigenvalue weighted by Crippen LogP contribution is -2.31. The number of hydrogen-bond acceptors (Lipinski definition) is 1. The van der Waals surface area contributed by atoms with Crippen molar-refractivity contribution in [3.05, 3.63) is 34.1 Å². The van der Waals surface area contributed by atoms with E-state index in [1.807, 2.05) is 6.07 Å². The van der Waals surface area contributed by atoms with Gasteiger partial charge in [-0.2, -0.15) is 0 Å². The number of rotatable bonds is 5. The van der Waals surface area contributed by atoms with Gasteiger partial charge in [0.25, 0.3) is 0 Å². The van der Waals surface area contributed by atoms with Crippen molar-refractivity contribution in [2.75, 3.05) is 6.54 Å². The maximum Gasteiger partial charge on any atom is 0.137 e. The van der Waals surface area contributed by atoms with Gasteiger partial charge < -0.3 is 5.73 Å². The van der Waals surface area contributed by atoms with Crippen molar-refractivity contribution in [3.8, 4) is 0 Å². The molecule has 1 aliphatic carbocycles. The molecule has 3 unspecified atom stereocenters. The molecule has 1 aliphatic rings. The molecule has 0 aliphatic heterocycles. The van der Waals surface area contributed by atoms with Gasteiger partial charge in [0.2, 0.25) is 0 Å². The number of halogens is 2. The Morgan fingerprint density at radius 3 is 2.80 bits per heavy atom. The van der Waals surface area contributed by atoms with Crippen LogP contribution < -0.4 is 5.73 Å². The Labute approximate surface area is 130 Å². The Hall–Kier alpha value is -0.410. The Bertz CT molecular complexity index is 435. The fourth-order valence-corrected chi connectivity index (χ4v) is 4.07. The number of nitrogens with two attached hydrogens (primary N) is 1. The summed E-state index contributed by atoms with van der Waals surface area (Å²) >= 11 is 3.39. The molecule has 0 saturated heterocycles.